The number of anilines is 1. The van der Waals surface area contributed by atoms with E-state index in [1.165, 1.54) is 12.1 Å². The first-order valence-corrected chi connectivity index (χ1v) is 19.0. The van der Waals surface area contributed by atoms with Gasteiger partial charge in [0.15, 0.2) is 0 Å². The van der Waals surface area contributed by atoms with E-state index in [-0.39, 0.29) is 29.6 Å². The molecule has 9 nitrogen and oxygen atoms in total. The maximum absolute atomic E-state index is 14.1. The number of nitrogens with one attached hydrogen (secondary N) is 1. The summed E-state index contributed by atoms with van der Waals surface area (Å²) in [7, 11) is -3.74. The molecule has 0 bridgehead atoms. The fraction of sp³-hybridized carbons (Fsp3) is 0.519. The molecular formula is C27H37AsN2O7S. The van der Waals surface area contributed by atoms with Gasteiger partial charge in [0.2, 0.25) is 0 Å². The average Bonchev–Trinajstić information content (AvgIpc) is 3.49. The summed E-state index contributed by atoms with van der Waals surface area (Å²) in [6.45, 7) is 6.46. The Balaban J connectivity index is 1.59. The molecule has 11 heteroatoms. The third-order valence-electron chi connectivity index (χ3n) is 6.91. The van der Waals surface area contributed by atoms with Crippen LogP contribution in [0.15, 0.2) is 59.5 Å². The minimum absolute atomic E-state index is 0.00806. The first-order valence-electron chi connectivity index (χ1n) is 12.9. The summed E-state index contributed by atoms with van der Waals surface area (Å²) in [6.07, 6.45) is -1.85. The second-order valence-electron chi connectivity index (χ2n) is 10.3. The van der Waals surface area contributed by atoms with E-state index in [4.69, 9.17) is 19.9 Å². The van der Waals surface area contributed by atoms with E-state index in [9.17, 15) is 18.3 Å². The zero-order valence-corrected chi connectivity index (χ0v) is 24.6. The molecule has 2 aromatic carbocycles. The quantitative estimate of drug-likeness (QED) is 0.276. The number of benzene rings is 2. The van der Waals surface area contributed by atoms with Crippen molar-refractivity contribution in [3.63, 3.8) is 0 Å². The topological polar surface area (TPSA) is 137 Å². The molecule has 7 atom stereocenters. The number of hydrogen-bond donors (Lipinski definition) is 3. The van der Waals surface area contributed by atoms with Gasteiger partial charge in [0, 0.05) is 0 Å². The molecule has 0 radical (unpaired) electrons. The molecule has 0 aromatic heterocycles. The van der Waals surface area contributed by atoms with Gasteiger partial charge in [-0.05, 0) is 0 Å². The molecule has 4 rings (SSSR count). The number of nitrogen functional groups attached to an aromatic ring is 1. The SMILES string of the molecule is CC(C)C[As](C(c1ccccc1)[C@H](O)[C@H](C)NC(=O)O[C@H]1CO[C@H]2OCC[C@H]21)S(=O)(=O)c1ccc(N)cc1. The van der Waals surface area contributed by atoms with Crippen molar-refractivity contribution in [1.82, 2.24) is 5.32 Å². The predicted octanol–water partition coefficient (Wildman–Crippen LogP) is 3.25. The summed E-state index contributed by atoms with van der Waals surface area (Å²) in [5.41, 5.74) is 7.02. The Morgan fingerprint density at radius 3 is 2.47 bits per heavy atom. The van der Waals surface area contributed by atoms with Crippen LogP contribution in [0.5, 0.6) is 0 Å². The van der Waals surface area contributed by atoms with Gasteiger partial charge in [0.1, 0.15) is 0 Å². The van der Waals surface area contributed by atoms with Crippen LogP contribution in [0, 0.1) is 11.8 Å². The fourth-order valence-electron chi connectivity index (χ4n) is 4.94. The van der Waals surface area contributed by atoms with Crippen molar-refractivity contribution in [2.24, 2.45) is 11.8 Å². The second-order valence-corrected chi connectivity index (χ2v) is 20.9. The summed E-state index contributed by atoms with van der Waals surface area (Å²) in [4.78, 5) is 13.0. The molecule has 38 heavy (non-hydrogen) atoms. The Bertz CT molecular complexity index is 1180. The van der Waals surface area contributed by atoms with Crippen molar-refractivity contribution in [2.75, 3.05) is 18.9 Å². The van der Waals surface area contributed by atoms with Gasteiger partial charge < -0.3 is 0 Å². The number of amides is 1. The number of fused-ring (bicyclic) bond motifs is 1. The van der Waals surface area contributed by atoms with Crippen molar-refractivity contribution in [3.05, 3.63) is 60.2 Å². The van der Waals surface area contributed by atoms with E-state index < -0.39 is 50.6 Å². The van der Waals surface area contributed by atoms with E-state index in [1.54, 1.807) is 19.1 Å². The van der Waals surface area contributed by atoms with E-state index in [1.807, 2.05) is 44.2 Å². The van der Waals surface area contributed by atoms with Crippen LogP contribution in [0.3, 0.4) is 0 Å². The van der Waals surface area contributed by atoms with Crippen molar-refractivity contribution < 1.29 is 32.5 Å². The van der Waals surface area contributed by atoms with Crippen LogP contribution in [-0.2, 0) is 22.3 Å². The van der Waals surface area contributed by atoms with Crippen LogP contribution in [0.4, 0.5) is 10.5 Å². The first-order chi connectivity index (χ1) is 18.1. The molecule has 0 saturated carbocycles. The van der Waals surface area contributed by atoms with Crippen LogP contribution >= 0.6 is 0 Å². The summed E-state index contributed by atoms with van der Waals surface area (Å²) in [5, 5.41) is 14.9. The number of aliphatic hydroxyl groups excluding tert-OH is 1. The number of alkyl carbamates (subject to hydrolysis) is 1. The maximum atomic E-state index is 14.1. The van der Waals surface area contributed by atoms with Gasteiger partial charge >= 0.3 is 229 Å². The molecule has 1 amide bonds. The molecule has 2 aliphatic heterocycles. The van der Waals surface area contributed by atoms with Crippen molar-refractivity contribution in [1.29, 1.82) is 0 Å². The molecule has 2 fully saturated rings. The average molecular weight is 609 g/mol. The van der Waals surface area contributed by atoms with Gasteiger partial charge in [-0.3, -0.25) is 0 Å². The van der Waals surface area contributed by atoms with E-state index in [0.717, 1.165) is 12.0 Å². The molecule has 2 saturated heterocycles. The number of nitrogens with two attached hydrogens (primary N) is 1. The van der Waals surface area contributed by atoms with Crippen molar-refractivity contribution in [3.8, 4) is 0 Å². The standard InChI is InChI=1S/C27H37AsN2O7S/c1-17(2)15-28(38(33,34)21-11-9-20(29)10-12-21)24(19-7-5-4-6-8-19)25(31)18(3)30-27(32)37-23-16-36-26-22(23)13-14-35-26/h4-12,17-18,22-26,31H,13-16,29H2,1-3H3,(H,30,32)/t18-,22-,23-,24?,25+,26+,28?/m0/s1. The van der Waals surface area contributed by atoms with E-state index in [2.05, 4.69) is 5.32 Å². The van der Waals surface area contributed by atoms with Gasteiger partial charge in [0.25, 0.3) is 0 Å². The normalized spacial score (nSPS) is 24.4. The third-order valence-corrected chi connectivity index (χ3v) is 20.4. The molecule has 208 valence electrons. The Kier molecular flexibility index (Phi) is 9.42. The van der Waals surface area contributed by atoms with Crippen molar-refractivity contribution >= 4 is 33.4 Å². The van der Waals surface area contributed by atoms with Crippen LogP contribution in [0.1, 0.15) is 37.5 Å². The van der Waals surface area contributed by atoms with E-state index >= 15 is 0 Å². The third kappa shape index (κ3) is 6.54. The van der Waals surface area contributed by atoms with Gasteiger partial charge in [-0.2, -0.15) is 0 Å². The second kappa shape index (κ2) is 12.4. The van der Waals surface area contributed by atoms with Crippen LogP contribution in [-0.4, -0.2) is 70.9 Å². The number of carbonyl (C=O) groups excluding carboxylic acids is 1. The molecule has 2 aromatic rings. The van der Waals surface area contributed by atoms with Crippen molar-refractivity contribution in [2.45, 2.75) is 66.5 Å². The molecule has 2 aliphatic rings. The minimum atomic E-state index is -3.74. The summed E-state index contributed by atoms with van der Waals surface area (Å²) < 4.78 is 44.1. The zero-order chi connectivity index (χ0) is 27.4. The number of aliphatic hydroxyl groups is 1. The monoisotopic (exact) mass is 608 g/mol. The van der Waals surface area contributed by atoms with Gasteiger partial charge in [-0.25, -0.2) is 0 Å². The first kappa shape index (κ1) is 28.9. The van der Waals surface area contributed by atoms with Gasteiger partial charge in [-0.15, -0.1) is 0 Å². The predicted molar refractivity (Wildman–Crippen MR) is 145 cm³/mol. The molecular weight excluding hydrogens is 571 g/mol. The number of ether oxygens (including phenoxy) is 3. The molecule has 0 spiro atoms. The van der Waals surface area contributed by atoms with Crippen LogP contribution in [0.2, 0.25) is 5.21 Å². The number of rotatable bonds is 10. The molecule has 2 unspecified atom stereocenters. The Morgan fingerprint density at radius 1 is 1.13 bits per heavy atom. The summed E-state index contributed by atoms with van der Waals surface area (Å²) in [5.74, 6) is 0.0837. The fourth-order valence-corrected chi connectivity index (χ4v) is 18.9. The van der Waals surface area contributed by atoms with Gasteiger partial charge in [-0.1, -0.05) is 0 Å². The number of hydrogen-bond acceptors (Lipinski definition) is 8. The molecule has 0 aliphatic carbocycles. The molecule has 2 heterocycles. The van der Waals surface area contributed by atoms with E-state index in [0.29, 0.717) is 17.5 Å². The van der Waals surface area contributed by atoms with Crippen LogP contribution in [0.25, 0.3) is 0 Å². The Morgan fingerprint density at radius 2 is 1.82 bits per heavy atom. The molecule has 4 N–H and O–H groups in total. The summed E-state index contributed by atoms with van der Waals surface area (Å²) in [6, 6.07) is 14.7. The Hall–Kier alpha value is -2.10. The Labute approximate surface area is 228 Å². The van der Waals surface area contributed by atoms with Gasteiger partial charge in [0.05, 0.1) is 0 Å². The zero-order valence-electron chi connectivity index (χ0n) is 21.9. The van der Waals surface area contributed by atoms with Crippen LogP contribution < -0.4 is 11.1 Å². The summed E-state index contributed by atoms with van der Waals surface area (Å²) >= 11 is -2.93. The number of carbonyl (C=O) groups is 1.